The molecule has 8 heteroatoms. The molecule has 0 unspecified atom stereocenters. The molecule has 0 spiro atoms. The summed E-state index contributed by atoms with van der Waals surface area (Å²) in [7, 11) is 0. The van der Waals surface area contributed by atoms with Crippen LogP contribution in [0.15, 0.2) is 73.7 Å². The van der Waals surface area contributed by atoms with Crippen LogP contribution in [0, 0.1) is 11.3 Å². The summed E-state index contributed by atoms with van der Waals surface area (Å²) in [6.07, 6.45) is 9.50. The van der Waals surface area contributed by atoms with E-state index in [0.717, 1.165) is 50.6 Å². The van der Waals surface area contributed by atoms with E-state index in [9.17, 15) is 5.26 Å². The predicted molar refractivity (Wildman–Crippen MR) is 153 cm³/mol. The summed E-state index contributed by atoms with van der Waals surface area (Å²) in [6, 6.07) is 16.1. The van der Waals surface area contributed by atoms with Crippen molar-refractivity contribution in [2.45, 2.75) is 52.4 Å². The summed E-state index contributed by atoms with van der Waals surface area (Å²) in [5.41, 5.74) is 6.08. The molecule has 0 amide bonds. The molecule has 6 rings (SSSR count). The van der Waals surface area contributed by atoms with Gasteiger partial charge in [-0.3, -0.25) is 14.1 Å². The number of rotatable bonds is 3. The van der Waals surface area contributed by atoms with Crippen LogP contribution in [0.5, 0.6) is 0 Å². The quantitative estimate of drug-likeness (QED) is 0.272. The summed E-state index contributed by atoms with van der Waals surface area (Å²) in [6.45, 7) is 12.9. The lowest BCUT2D eigenvalue weighted by Gasteiger charge is -2.15. The fourth-order valence-corrected chi connectivity index (χ4v) is 4.74. The van der Waals surface area contributed by atoms with Crippen molar-refractivity contribution in [2.75, 3.05) is 0 Å². The molecule has 0 saturated heterocycles. The number of nitrogens with zero attached hydrogens (tertiary/aromatic N) is 8. The lowest BCUT2D eigenvalue weighted by Crippen LogP contribution is -2.11. The van der Waals surface area contributed by atoms with E-state index >= 15 is 0 Å². The Morgan fingerprint density at radius 2 is 1.36 bits per heavy atom. The van der Waals surface area contributed by atoms with Gasteiger partial charge in [-0.2, -0.15) is 5.26 Å². The van der Waals surface area contributed by atoms with Gasteiger partial charge in [0.2, 0.25) is 0 Å². The normalized spacial score (nSPS) is 12.3. The van der Waals surface area contributed by atoms with Gasteiger partial charge in [-0.15, -0.1) is 0 Å². The first kappa shape index (κ1) is 24.6. The van der Waals surface area contributed by atoms with Gasteiger partial charge in [0.1, 0.15) is 24.3 Å². The van der Waals surface area contributed by atoms with E-state index in [1.807, 2.05) is 58.4 Å². The van der Waals surface area contributed by atoms with Crippen LogP contribution in [0.4, 0.5) is 0 Å². The third kappa shape index (κ3) is 4.26. The third-order valence-electron chi connectivity index (χ3n) is 6.92. The van der Waals surface area contributed by atoms with Crippen LogP contribution in [-0.4, -0.2) is 33.6 Å². The molecule has 0 aliphatic carbocycles. The van der Waals surface area contributed by atoms with Gasteiger partial charge in [0.15, 0.2) is 0 Å². The minimum Gasteiger partial charge on any atom is -0.307 e. The first-order chi connectivity index (χ1) is 18.5. The number of benzene rings is 1. The van der Waals surface area contributed by atoms with E-state index < -0.39 is 0 Å². The van der Waals surface area contributed by atoms with Crippen LogP contribution in [0.1, 0.15) is 58.5 Å². The maximum atomic E-state index is 9.53. The van der Waals surface area contributed by atoms with E-state index in [1.54, 1.807) is 6.20 Å². The van der Waals surface area contributed by atoms with Crippen LogP contribution in [0.3, 0.4) is 0 Å². The number of hydrogen-bond acceptors (Lipinski definition) is 5. The number of nitriles is 1. The highest BCUT2D eigenvalue weighted by Crippen LogP contribution is 2.33. The molecule has 8 nitrogen and oxygen atoms in total. The van der Waals surface area contributed by atoms with E-state index in [2.05, 4.69) is 85.3 Å². The zero-order valence-electron chi connectivity index (χ0n) is 23.0. The van der Waals surface area contributed by atoms with Crippen molar-refractivity contribution in [3.05, 3.63) is 90.7 Å². The zero-order valence-corrected chi connectivity index (χ0v) is 23.0. The lowest BCUT2D eigenvalue weighted by molar-refractivity contribution is 0.572. The molecule has 0 N–H and O–H groups in total. The maximum Gasteiger partial charge on any atom is 0.142 e. The van der Waals surface area contributed by atoms with Gasteiger partial charge in [-0.1, -0.05) is 41.5 Å². The van der Waals surface area contributed by atoms with E-state index in [1.165, 1.54) is 0 Å². The fourth-order valence-electron chi connectivity index (χ4n) is 4.74. The molecule has 6 aromatic rings. The van der Waals surface area contributed by atoms with Crippen LogP contribution >= 0.6 is 0 Å². The van der Waals surface area contributed by atoms with Gasteiger partial charge in [0.05, 0.1) is 45.3 Å². The van der Waals surface area contributed by atoms with Gasteiger partial charge in [0.25, 0.3) is 0 Å². The Hall–Kier alpha value is -4.77. The van der Waals surface area contributed by atoms with E-state index in [0.29, 0.717) is 5.56 Å². The van der Waals surface area contributed by atoms with E-state index in [-0.39, 0.29) is 10.8 Å². The first-order valence-electron chi connectivity index (χ1n) is 12.9. The van der Waals surface area contributed by atoms with Crippen LogP contribution in [0.25, 0.3) is 39.3 Å². The SMILES string of the molecule is CC(C)(C)c1cn(-c2cc(-n3c4ccc(C#N)cc4c4ncccc43)cc(-n3cnc(C(C)(C)C)c3)n2)cn1. The molecule has 0 aliphatic heterocycles. The summed E-state index contributed by atoms with van der Waals surface area (Å²) in [5, 5.41) is 10.5. The highest BCUT2D eigenvalue weighted by Gasteiger charge is 2.21. The van der Waals surface area contributed by atoms with Crippen molar-refractivity contribution >= 4 is 21.9 Å². The molecule has 39 heavy (non-hydrogen) atoms. The largest absolute Gasteiger partial charge is 0.307 e. The Morgan fingerprint density at radius 3 is 1.90 bits per heavy atom. The second-order valence-electron chi connectivity index (χ2n) is 11.9. The van der Waals surface area contributed by atoms with Gasteiger partial charge in [0, 0.05) is 46.9 Å². The van der Waals surface area contributed by atoms with Crippen molar-refractivity contribution in [3.63, 3.8) is 0 Å². The van der Waals surface area contributed by atoms with Crippen molar-refractivity contribution < 1.29 is 0 Å². The Kier molecular flexibility index (Phi) is 5.44. The fraction of sp³-hybridized carbons (Fsp3) is 0.258. The highest BCUT2D eigenvalue weighted by molar-refractivity contribution is 6.07. The van der Waals surface area contributed by atoms with Crippen LogP contribution < -0.4 is 0 Å². The Labute approximate surface area is 227 Å². The topological polar surface area (TPSA) is 90.1 Å². The molecule has 0 fully saturated rings. The van der Waals surface area contributed by atoms with Crippen LogP contribution in [0.2, 0.25) is 0 Å². The van der Waals surface area contributed by atoms with Crippen molar-refractivity contribution in [3.8, 4) is 23.4 Å². The number of fused-ring (bicyclic) bond motifs is 3. The average Bonchev–Trinajstić information content (AvgIpc) is 3.65. The second kappa shape index (κ2) is 8.63. The Morgan fingerprint density at radius 1 is 0.744 bits per heavy atom. The minimum atomic E-state index is -0.0887. The molecular formula is C31H30N8. The highest BCUT2D eigenvalue weighted by atomic mass is 15.2. The molecule has 0 bridgehead atoms. The summed E-state index contributed by atoms with van der Waals surface area (Å²) < 4.78 is 6.11. The third-order valence-corrected chi connectivity index (χ3v) is 6.92. The van der Waals surface area contributed by atoms with Crippen molar-refractivity contribution in [1.82, 2.24) is 33.6 Å². The van der Waals surface area contributed by atoms with Crippen molar-refractivity contribution in [1.29, 1.82) is 5.26 Å². The second-order valence-corrected chi connectivity index (χ2v) is 11.9. The van der Waals surface area contributed by atoms with Gasteiger partial charge >= 0.3 is 0 Å². The number of pyridine rings is 2. The van der Waals surface area contributed by atoms with Gasteiger partial charge in [-0.05, 0) is 30.3 Å². The number of imidazole rings is 2. The Balaban J connectivity index is 1.63. The predicted octanol–water partition coefficient (Wildman–Crippen LogP) is 6.41. The first-order valence-corrected chi connectivity index (χ1v) is 12.9. The average molecular weight is 515 g/mol. The van der Waals surface area contributed by atoms with Crippen molar-refractivity contribution in [2.24, 2.45) is 0 Å². The zero-order chi connectivity index (χ0) is 27.5. The van der Waals surface area contributed by atoms with Gasteiger partial charge in [-0.25, -0.2) is 15.0 Å². The molecule has 0 atom stereocenters. The van der Waals surface area contributed by atoms with Gasteiger partial charge < -0.3 is 4.57 Å². The minimum absolute atomic E-state index is 0.0887. The molecule has 5 heterocycles. The standard InChI is InChI=1S/C31H30N8/c1-30(2,3)25-16-37(18-34-25)27-13-21(14-28(36-27)38-17-26(35-19-38)31(4,5)6)39-23-10-9-20(15-32)12-22(23)29-24(39)8-7-11-33-29/h7-14,16-19H,1-6H3. The Bertz CT molecular complexity index is 1830. The molecule has 194 valence electrons. The molecular weight excluding hydrogens is 484 g/mol. The molecule has 0 aliphatic rings. The number of hydrogen-bond donors (Lipinski definition) is 0. The summed E-state index contributed by atoms with van der Waals surface area (Å²) in [4.78, 5) is 19.1. The smallest absolute Gasteiger partial charge is 0.142 e. The summed E-state index contributed by atoms with van der Waals surface area (Å²) in [5.74, 6) is 1.48. The monoisotopic (exact) mass is 514 g/mol. The van der Waals surface area contributed by atoms with E-state index in [4.69, 9.17) is 4.98 Å². The maximum absolute atomic E-state index is 9.53. The van der Waals surface area contributed by atoms with Crippen LogP contribution in [-0.2, 0) is 10.8 Å². The molecule has 5 aromatic heterocycles. The number of aromatic nitrogens is 7. The molecule has 1 aromatic carbocycles. The molecule has 0 saturated carbocycles. The summed E-state index contributed by atoms with van der Waals surface area (Å²) >= 11 is 0. The lowest BCUT2D eigenvalue weighted by atomic mass is 9.93. The molecule has 0 radical (unpaired) electrons.